The molecule has 0 bridgehead atoms. The number of benzene rings is 2. The van der Waals surface area contributed by atoms with Crippen molar-refractivity contribution < 1.29 is 14.8 Å². The summed E-state index contributed by atoms with van der Waals surface area (Å²) in [5, 5.41) is 23.6. The van der Waals surface area contributed by atoms with Gasteiger partial charge in [0.2, 0.25) is 0 Å². The number of phenols is 1. The van der Waals surface area contributed by atoms with Crippen LogP contribution in [0.5, 0.6) is 5.75 Å². The van der Waals surface area contributed by atoms with Crippen molar-refractivity contribution in [1.82, 2.24) is 5.32 Å². The Hall–Kier alpha value is -3.26. The molecule has 1 aliphatic rings. The number of amides is 1. The normalized spacial score (nSPS) is 15.5. The lowest BCUT2D eigenvalue weighted by atomic mass is 10.0. The molecule has 0 atom stereocenters. The van der Waals surface area contributed by atoms with E-state index in [1.165, 1.54) is 29.2 Å². The van der Waals surface area contributed by atoms with Gasteiger partial charge in [-0.3, -0.25) is 19.8 Å². The van der Waals surface area contributed by atoms with E-state index in [0.29, 0.717) is 17.2 Å². The Labute approximate surface area is 161 Å². The van der Waals surface area contributed by atoms with E-state index in [4.69, 9.17) is 12.2 Å². The van der Waals surface area contributed by atoms with Gasteiger partial charge in [-0.2, -0.15) is 0 Å². The fourth-order valence-electron chi connectivity index (χ4n) is 2.72. The van der Waals surface area contributed by atoms with Gasteiger partial charge in [0.1, 0.15) is 5.70 Å². The number of rotatable bonds is 4. The zero-order valence-corrected chi connectivity index (χ0v) is 15.5. The summed E-state index contributed by atoms with van der Waals surface area (Å²) < 4.78 is 0. The largest absolute Gasteiger partial charge is 0.502 e. The third-order valence-electron chi connectivity index (χ3n) is 4.20. The second-order valence-electron chi connectivity index (χ2n) is 6.38. The van der Waals surface area contributed by atoms with Crippen molar-refractivity contribution in [1.29, 1.82) is 0 Å². The van der Waals surface area contributed by atoms with E-state index >= 15 is 0 Å². The molecule has 0 spiro atoms. The van der Waals surface area contributed by atoms with Crippen molar-refractivity contribution >= 4 is 40.7 Å². The number of phenolic OH excluding ortho intramolecular Hbond substituents is 1. The molecular weight excluding hydrogens is 366 g/mol. The zero-order valence-electron chi connectivity index (χ0n) is 14.7. The van der Waals surface area contributed by atoms with E-state index in [-0.39, 0.29) is 16.7 Å². The average molecular weight is 383 g/mol. The van der Waals surface area contributed by atoms with E-state index in [1.807, 2.05) is 24.3 Å². The molecule has 2 aromatic rings. The van der Waals surface area contributed by atoms with Gasteiger partial charge in [0, 0.05) is 6.07 Å². The number of nitrogens with zero attached hydrogens (tertiary/aromatic N) is 2. The fourth-order valence-corrected chi connectivity index (χ4v) is 3.02. The minimum Gasteiger partial charge on any atom is -0.502 e. The SMILES string of the molecule is CC(C)c1ccc(N2C(=O)/C(=C\c3ccc(O)c([N+](=O)[O-])c3)NC2=S)cc1. The van der Waals surface area contributed by atoms with Crippen LogP contribution in [0.25, 0.3) is 6.08 Å². The molecule has 3 rings (SSSR count). The van der Waals surface area contributed by atoms with Crippen LogP contribution in [-0.4, -0.2) is 21.0 Å². The van der Waals surface area contributed by atoms with Crippen LogP contribution < -0.4 is 10.2 Å². The molecule has 2 N–H and O–H groups in total. The molecule has 1 fully saturated rings. The van der Waals surface area contributed by atoms with Crippen molar-refractivity contribution in [2.24, 2.45) is 0 Å². The number of nitro benzene ring substituents is 1. The number of nitrogens with one attached hydrogen (secondary N) is 1. The summed E-state index contributed by atoms with van der Waals surface area (Å²) in [6.07, 6.45) is 1.46. The number of aromatic hydroxyl groups is 1. The van der Waals surface area contributed by atoms with Gasteiger partial charge in [-0.25, -0.2) is 0 Å². The predicted molar refractivity (Wildman–Crippen MR) is 106 cm³/mol. The first kappa shape index (κ1) is 18.5. The van der Waals surface area contributed by atoms with Gasteiger partial charge < -0.3 is 10.4 Å². The Morgan fingerprint density at radius 2 is 1.89 bits per heavy atom. The minimum absolute atomic E-state index is 0.202. The topological polar surface area (TPSA) is 95.7 Å². The molecule has 1 heterocycles. The summed E-state index contributed by atoms with van der Waals surface area (Å²) in [4.78, 5) is 24.4. The molecular formula is C19H17N3O4S. The molecule has 0 radical (unpaired) electrons. The van der Waals surface area contributed by atoms with Crippen LogP contribution in [0.1, 0.15) is 30.9 Å². The number of hydrogen-bond donors (Lipinski definition) is 2. The number of nitro groups is 1. The molecule has 1 amide bonds. The summed E-state index contributed by atoms with van der Waals surface area (Å²) in [7, 11) is 0. The fraction of sp³-hybridized carbons (Fsp3) is 0.158. The molecule has 2 aromatic carbocycles. The molecule has 0 aliphatic carbocycles. The first-order valence-corrected chi connectivity index (χ1v) is 8.63. The molecule has 0 unspecified atom stereocenters. The van der Waals surface area contributed by atoms with Crippen molar-refractivity contribution in [3.05, 3.63) is 69.4 Å². The highest BCUT2D eigenvalue weighted by atomic mass is 32.1. The summed E-state index contributed by atoms with van der Waals surface area (Å²) >= 11 is 5.27. The minimum atomic E-state index is -0.686. The predicted octanol–water partition coefficient (Wildman–Crippen LogP) is 3.69. The molecule has 7 nitrogen and oxygen atoms in total. The average Bonchev–Trinajstić information content (AvgIpc) is 2.90. The van der Waals surface area contributed by atoms with Crippen LogP contribution in [0.15, 0.2) is 48.2 Å². The summed E-state index contributed by atoms with van der Waals surface area (Å²) in [6.45, 7) is 4.17. The number of anilines is 1. The molecule has 1 aliphatic heterocycles. The van der Waals surface area contributed by atoms with Gasteiger partial charge in [-0.1, -0.05) is 32.0 Å². The van der Waals surface area contributed by atoms with Gasteiger partial charge in [0.25, 0.3) is 5.91 Å². The smallest absolute Gasteiger partial charge is 0.311 e. The standard InChI is InChI=1S/C19H17N3O4S/c1-11(2)13-4-6-14(7-5-13)21-18(24)15(20-19(21)27)9-12-3-8-17(23)16(10-12)22(25)26/h3-11,23H,1-2H3,(H,20,27)/b15-9+. The van der Waals surface area contributed by atoms with Crippen LogP contribution in [0, 0.1) is 10.1 Å². The first-order valence-electron chi connectivity index (χ1n) is 8.22. The highest BCUT2D eigenvalue weighted by Crippen LogP contribution is 2.29. The van der Waals surface area contributed by atoms with E-state index < -0.39 is 16.4 Å². The Morgan fingerprint density at radius 3 is 2.48 bits per heavy atom. The van der Waals surface area contributed by atoms with Gasteiger partial charge in [-0.15, -0.1) is 0 Å². The van der Waals surface area contributed by atoms with Crippen molar-refractivity contribution in [2.75, 3.05) is 4.90 Å². The Morgan fingerprint density at radius 1 is 1.22 bits per heavy atom. The van der Waals surface area contributed by atoms with E-state index in [0.717, 1.165) is 5.56 Å². The quantitative estimate of drug-likeness (QED) is 0.362. The van der Waals surface area contributed by atoms with Crippen molar-refractivity contribution in [3.63, 3.8) is 0 Å². The van der Waals surface area contributed by atoms with Gasteiger partial charge >= 0.3 is 5.69 Å². The second-order valence-corrected chi connectivity index (χ2v) is 6.77. The van der Waals surface area contributed by atoms with Crippen LogP contribution in [0.3, 0.4) is 0 Å². The van der Waals surface area contributed by atoms with E-state index in [2.05, 4.69) is 19.2 Å². The lowest BCUT2D eigenvalue weighted by Crippen LogP contribution is -2.30. The zero-order chi connectivity index (χ0) is 19.7. The van der Waals surface area contributed by atoms with Crippen molar-refractivity contribution in [2.45, 2.75) is 19.8 Å². The lowest BCUT2D eigenvalue weighted by Gasteiger charge is -2.15. The summed E-state index contributed by atoms with van der Waals surface area (Å²) in [5.41, 5.74) is 1.96. The third-order valence-corrected chi connectivity index (χ3v) is 4.49. The maximum atomic E-state index is 12.7. The molecule has 0 aromatic heterocycles. The summed E-state index contributed by atoms with van der Waals surface area (Å²) in [5.74, 6) is -0.414. The Balaban J connectivity index is 1.91. The first-order chi connectivity index (χ1) is 12.8. The number of thiocarbonyl (C=S) groups is 1. The van der Waals surface area contributed by atoms with E-state index in [9.17, 15) is 20.0 Å². The highest BCUT2D eigenvalue weighted by molar-refractivity contribution is 7.80. The highest BCUT2D eigenvalue weighted by Gasteiger charge is 2.32. The monoisotopic (exact) mass is 383 g/mol. The maximum absolute atomic E-state index is 12.7. The molecule has 27 heavy (non-hydrogen) atoms. The number of carbonyl (C=O) groups excluding carboxylic acids is 1. The molecule has 0 saturated carbocycles. The van der Waals surface area contributed by atoms with Crippen LogP contribution in [0.2, 0.25) is 0 Å². The van der Waals surface area contributed by atoms with Crippen LogP contribution >= 0.6 is 12.2 Å². The number of carbonyl (C=O) groups is 1. The second kappa shape index (κ2) is 7.16. The van der Waals surface area contributed by atoms with Crippen LogP contribution in [0.4, 0.5) is 11.4 Å². The Bertz CT molecular complexity index is 967. The van der Waals surface area contributed by atoms with Gasteiger partial charge in [-0.05, 0) is 53.5 Å². The van der Waals surface area contributed by atoms with Crippen LogP contribution in [-0.2, 0) is 4.79 Å². The maximum Gasteiger partial charge on any atom is 0.311 e. The van der Waals surface area contributed by atoms with Gasteiger partial charge in [0.15, 0.2) is 10.9 Å². The van der Waals surface area contributed by atoms with Crippen molar-refractivity contribution in [3.8, 4) is 5.75 Å². The summed E-state index contributed by atoms with van der Waals surface area (Å²) in [6, 6.07) is 11.4. The molecule has 138 valence electrons. The molecule has 8 heteroatoms. The lowest BCUT2D eigenvalue weighted by molar-refractivity contribution is -0.385. The third kappa shape index (κ3) is 3.65. The van der Waals surface area contributed by atoms with Gasteiger partial charge in [0.05, 0.1) is 10.6 Å². The molecule has 1 saturated heterocycles. The van der Waals surface area contributed by atoms with E-state index in [1.54, 1.807) is 0 Å². The Kier molecular flexibility index (Phi) is 4.91. The number of hydrogen-bond acceptors (Lipinski definition) is 5.